The van der Waals surface area contributed by atoms with Crippen LogP contribution in [0.4, 0.5) is 0 Å². The van der Waals surface area contributed by atoms with E-state index < -0.39 is 24.3 Å². The molecule has 1 aliphatic rings. The molecule has 0 spiro atoms. The van der Waals surface area contributed by atoms with E-state index in [1.54, 1.807) is 18.2 Å². The predicted octanol–water partition coefficient (Wildman–Crippen LogP) is 5.31. The van der Waals surface area contributed by atoms with Gasteiger partial charge in [0.2, 0.25) is 0 Å². The maximum atomic E-state index is 12.5. The van der Waals surface area contributed by atoms with Gasteiger partial charge in [-0.2, -0.15) is 0 Å². The first kappa shape index (κ1) is 32.3. The molecular formula is C30H50O6. The Balaban J connectivity index is 3.07. The minimum absolute atomic E-state index is 0.0342. The number of allylic oxidation sites excluding steroid dienone is 4. The summed E-state index contributed by atoms with van der Waals surface area (Å²) < 4.78 is 5.81. The molecule has 0 radical (unpaired) electrons. The standard InChI is InChI=1S/C30H50O6/c1-7-25(31)13-11-14-28-22(4)17-20(2)16-21(3)18-23(5)30(35)24(6)27(33)19-26(32)12-9-8-10-15-29(34)36-28/h8-10,15-16,20,22-24,26-28,30,32-33,35H,7,11-14,17-19H2,1-6H3/b9-8-,15-10-,21-16-/t20-,22-,23-,24+,26+,27-,28+,30+/m1/s1. The highest BCUT2D eigenvalue weighted by atomic mass is 16.5. The molecule has 0 aromatic carbocycles. The third-order valence-corrected chi connectivity index (χ3v) is 7.33. The van der Waals surface area contributed by atoms with Crippen LogP contribution in [-0.2, 0) is 14.3 Å². The maximum Gasteiger partial charge on any atom is 0.331 e. The van der Waals surface area contributed by atoms with Gasteiger partial charge in [0.25, 0.3) is 0 Å². The van der Waals surface area contributed by atoms with Gasteiger partial charge in [-0.05, 0) is 63.2 Å². The number of ether oxygens (including phenoxy) is 1. The summed E-state index contributed by atoms with van der Waals surface area (Å²) in [6.45, 7) is 12.0. The average Bonchev–Trinajstić information content (AvgIpc) is 2.80. The van der Waals surface area contributed by atoms with Crippen LogP contribution in [0.1, 0.15) is 92.9 Å². The highest BCUT2D eigenvalue weighted by molar-refractivity contribution is 5.82. The van der Waals surface area contributed by atoms with Crippen molar-refractivity contribution in [2.75, 3.05) is 0 Å². The van der Waals surface area contributed by atoms with Crippen LogP contribution in [0.15, 0.2) is 36.0 Å². The molecule has 206 valence electrons. The minimum atomic E-state index is -0.810. The fraction of sp³-hybridized carbons (Fsp3) is 0.733. The summed E-state index contributed by atoms with van der Waals surface area (Å²) >= 11 is 0. The molecule has 0 saturated heterocycles. The van der Waals surface area contributed by atoms with E-state index in [1.165, 1.54) is 11.6 Å². The zero-order valence-corrected chi connectivity index (χ0v) is 23.2. The van der Waals surface area contributed by atoms with Gasteiger partial charge >= 0.3 is 5.97 Å². The van der Waals surface area contributed by atoms with E-state index in [4.69, 9.17) is 4.74 Å². The van der Waals surface area contributed by atoms with E-state index in [9.17, 15) is 24.9 Å². The van der Waals surface area contributed by atoms with E-state index >= 15 is 0 Å². The van der Waals surface area contributed by atoms with Gasteiger partial charge in [0, 0.05) is 24.8 Å². The van der Waals surface area contributed by atoms with Gasteiger partial charge in [0.1, 0.15) is 11.9 Å². The lowest BCUT2D eigenvalue weighted by molar-refractivity contribution is -0.146. The fourth-order valence-corrected chi connectivity index (χ4v) is 5.10. The van der Waals surface area contributed by atoms with Crippen LogP contribution in [0, 0.1) is 23.7 Å². The third kappa shape index (κ3) is 12.5. The van der Waals surface area contributed by atoms with Gasteiger partial charge in [-0.25, -0.2) is 4.79 Å². The number of aliphatic hydroxyl groups excluding tert-OH is 3. The number of cyclic esters (lactones) is 1. The van der Waals surface area contributed by atoms with Gasteiger partial charge in [0.05, 0.1) is 18.3 Å². The van der Waals surface area contributed by atoms with E-state index in [2.05, 4.69) is 26.8 Å². The number of aliphatic hydroxyl groups is 3. The van der Waals surface area contributed by atoms with Gasteiger partial charge in [-0.3, -0.25) is 4.79 Å². The first-order valence-electron chi connectivity index (χ1n) is 13.7. The van der Waals surface area contributed by atoms with Crippen LogP contribution in [0.2, 0.25) is 0 Å². The molecule has 0 bridgehead atoms. The molecule has 36 heavy (non-hydrogen) atoms. The third-order valence-electron chi connectivity index (χ3n) is 7.33. The predicted molar refractivity (Wildman–Crippen MR) is 144 cm³/mol. The van der Waals surface area contributed by atoms with Gasteiger partial charge < -0.3 is 20.1 Å². The lowest BCUT2D eigenvalue weighted by Gasteiger charge is -2.30. The van der Waals surface area contributed by atoms with Gasteiger partial charge in [-0.1, -0.05) is 64.5 Å². The lowest BCUT2D eigenvalue weighted by Crippen LogP contribution is -2.36. The monoisotopic (exact) mass is 506 g/mol. The van der Waals surface area contributed by atoms with Crippen molar-refractivity contribution < 1.29 is 29.6 Å². The van der Waals surface area contributed by atoms with E-state index in [0.717, 1.165) is 6.42 Å². The molecule has 1 heterocycles. The largest absolute Gasteiger partial charge is 0.459 e. The zero-order chi connectivity index (χ0) is 27.3. The second-order valence-electron chi connectivity index (χ2n) is 11.0. The van der Waals surface area contributed by atoms with Gasteiger partial charge in [-0.15, -0.1) is 0 Å². The number of ketones is 1. The molecule has 6 nitrogen and oxygen atoms in total. The molecule has 0 unspecified atom stereocenters. The summed E-state index contributed by atoms with van der Waals surface area (Å²) in [5.74, 6) is -0.215. The van der Waals surface area contributed by atoms with Crippen molar-refractivity contribution in [3.63, 3.8) is 0 Å². The van der Waals surface area contributed by atoms with Crippen molar-refractivity contribution in [1.82, 2.24) is 0 Å². The quantitative estimate of drug-likeness (QED) is 0.345. The lowest BCUT2D eigenvalue weighted by atomic mass is 9.83. The van der Waals surface area contributed by atoms with E-state index in [0.29, 0.717) is 38.5 Å². The van der Waals surface area contributed by atoms with Crippen LogP contribution in [0.25, 0.3) is 0 Å². The Hall–Kier alpha value is -1.76. The number of rotatable bonds is 5. The summed E-state index contributed by atoms with van der Waals surface area (Å²) in [5, 5.41) is 31.7. The second kappa shape index (κ2) is 16.9. The van der Waals surface area contributed by atoms with Crippen molar-refractivity contribution >= 4 is 11.8 Å². The van der Waals surface area contributed by atoms with Crippen LogP contribution >= 0.6 is 0 Å². The smallest absolute Gasteiger partial charge is 0.331 e. The second-order valence-corrected chi connectivity index (χ2v) is 11.0. The number of Topliss-reactive ketones (excluding diaryl/α,β-unsaturated/α-hetero) is 1. The van der Waals surface area contributed by atoms with Crippen molar-refractivity contribution in [3.8, 4) is 0 Å². The molecule has 0 aromatic heterocycles. The van der Waals surface area contributed by atoms with Crippen molar-refractivity contribution in [2.45, 2.75) is 117 Å². The normalized spacial score (nSPS) is 37.2. The van der Waals surface area contributed by atoms with Crippen LogP contribution in [0.3, 0.4) is 0 Å². The number of esters is 1. The Labute approximate surface area is 218 Å². The summed E-state index contributed by atoms with van der Waals surface area (Å²) in [6, 6.07) is 0. The molecule has 6 heteroatoms. The molecule has 8 atom stereocenters. The highest BCUT2D eigenvalue weighted by Crippen LogP contribution is 2.27. The van der Waals surface area contributed by atoms with Crippen molar-refractivity contribution in [2.24, 2.45) is 23.7 Å². The van der Waals surface area contributed by atoms with E-state index in [1.807, 2.05) is 20.8 Å². The Bertz CT molecular complexity index is 755. The van der Waals surface area contributed by atoms with E-state index in [-0.39, 0.29) is 42.0 Å². The number of carbonyl (C=O) groups excluding carboxylic acids is 2. The number of hydrogen-bond acceptors (Lipinski definition) is 6. The molecule has 0 aromatic rings. The maximum absolute atomic E-state index is 12.5. The molecule has 1 aliphatic heterocycles. The number of carbonyl (C=O) groups is 2. The molecule has 0 fully saturated rings. The summed E-state index contributed by atoms with van der Waals surface area (Å²) in [5.41, 5.74) is 1.17. The van der Waals surface area contributed by atoms with Crippen LogP contribution < -0.4 is 0 Å². The SMILES string of the molecule is CCC(=O)CCC[C@@H]1OC(=O)/C=C\C=C/C[C@H](O)C[C@@H](O)[C@H](C)[C@@H](O)[C@H](C)C/C(C)=C\[C@@H](C)C[C@H]1C. The average molecular weight is 507 g/mol. The Kier molecular flexibility index (Phi) is 15.1. The molecule has 3 N–H and O–H groups in total. The Morgan fingerprint density at radius 2 is 1.75 bits per heavy atom. The van der Waals surface area contributed by atoms with Crippen LogP contribution in [0.5, 0.6) is 0 Å². The summed E-state index contributed by atoms with van der Waals surface area (Å²) in [6.07, 6.45) is 10.5. The van der Waals surface area contributed by atoms with Crippen LogP contribution in [-0.4, -0.2) is 51.5 Å². The first-order chi connectivity index (χ1) is 16.9. The molecule has 0 saturated carbocycles. The molecule has 0 amide bonds. The van der Waals surface area contributed by atoms with Crippen molar-refractivity contribution in [1.29, 1.82) is 0 Å². The first-order valence-corrected chi connectivity index (χ1v) is 13.7. The summed E-state index contributed by atoms with van der Waals surface area (Å²) in [7, 11) is 0. The zero-order valence-electron chi connectivity index (χ0n) is 23.2. The minimum Gasteiger partial charge on any atom is -0.459 e. The highest BCUT2D eigenvalue weighted by Gasteiger charge is 2.29. The molecule has 0 aliphatic carbocycles. The summed E-state index contributed by atoms with van der Waals surface area (Å²) in [4.78, 5) is 24.2. The Morgan fingerprint density at radius 3 is 2.42 bits per heavy atom. The molecule has 1 rings (SSSR count). The number of hydrogen-bond donors (Lipinski definition) is 3. The van der Waals surface area contributed by atoms with Gasteiger partial charge in [0.15, 0.2) is 0 Å². The van der Waals surface area contributed by atoms with Crippen molar-refractivity contribution in [3.05, 3.63) is 36.0 Å². The topological polar surface area (TPSA) is 104 Å². The fourth-order valence-electron chi connectivity index (χ4n) is 5.10. The molecular weight excluding hydrogens is 456 g/mol. The Morgan fingerprint density at radius 1 is 1.06 bits per heavy atom.